The Labute approximate surface area is 169 Å². The van der Waals surface area contributed by atoms with Crippen LogP contribution in [0.3, 0.4) is 0 Å². The van der Waals surface area contributed by atoms with Gasteiger partial charge in [0.15, 0.2) is 0 Å². The molecule has 0 spiro atoms. The van der Waals surface area contributed by atoms with E-state index >= 15 is 0 Å². The zero-order valence-electron chi connectivity index (χ0n) is 17.2. The molecular formula is C21H34N2O4S. The largest absolute Gasteiger partial charge is 0.508 e. The SMILES string of the molecule is CCCCCCCCCCNc1cc(C)nc2cc(O)ccc12.CS(=O)(=O)O. The Bertz CT molecular complexity index is 809. The zero-order valence-corrected chi connectivity index (χ0v) is 18.1. The van der Waals surface area contributed by atoms with E-state index in [1.54, 1.807) is 12.1 Å². The summed E-state index contributed by atoms with van der Waals surface area (Å²) in [6.45, 7) is 5.25. The number of anilines is 1. The molecule has 0 saturated carbocycles. The van der Waals surface area contributed by atoms with Gasteiger partial charge in [0, 0.05) is 29.4 Å². The highest BCUT2D eigenvalue weighted by Gasteiger charge is 2.04. The van der Waals surface area contributed by atoms with Crippen LogP contribution in [0.5, 0.6) is 5.75 Å². The molecule has 1 aromatic carbocycles. The van der Waals surface area contributed by atoms with Crippen LogP contribution in [-0.2, 0) is 10.1 Å². The van der Waals surface area contributed by atoms with E-state index in [0.717, 1.165) is 28.8 Å². The molecular weight excluding hydrogens is 376 g/mol. The van der Waals surface area contributed by atoms with Crippen molar-refractivity contribution in [3.63, 3.8) is 0 Å². The molecule has 0 fully saturated rings. The number of benzene rings is 1. The van der Waals surface area contributed by atoms with E-state index in [-0.39, 0.29) is 5.75 Å². The second-order valence-corrected chi connectivity index (χ2v) is 8.61. The highest BCUT2D eigenvalue weighted by atomic mass is 32.2. The predicted octanol–water partition coefficient (Wildman–Crippen LogP) is 5.31. The van der Waals surface area contributed by atoms with Crippen molar-refractivity contribution in [1.82, 2.24) is 4.98 Å². The van der Waals surface area contributed by atoms with E-state index in [1.807, 2.05) is 13.0 Å². The van der Waals surface area contributed by atoms with E-state index in [9.17, 15) is 13.5 Å². The van der Waals surface area contributed by atoms with Crippen LogP contribution in [0.25, 0.3) is 10.9 Å². The van der Waals surface area contributed by atoms with Crippen LogP contribution >= 0.6 is 0 Å². The van der Waals surface area contributed by atoms with Crippen LogP contribution in [0, 0.1) is 6.92 Å². The van der Waals surface area contributed by atoms with Crippen LogP contribution in [0.2, 0.25) is 0 Å². The maximum atomic E-state index is 9.60. The monoisotopic (exact) mass is 410 g/mol. The summed E-state index contributed by atoms with van der Waals surface area (Å²) in [4.78, 5) is 4.49. The Balaban J connectivity index is 0.000000696. The smallest absolute Gasteiger partial charge is 0.261 e. The third-order valence-electron chi connectivity index (χ3n) is 4.27. The quantitative estimate of drug-likeness (QED) is 0.363. The Kier molecular flexibility index (Phi) is 10.9. The van der Waals surface area contributed by atoms with E-state index in [1.165, 1.54) is 51.4 Å². The number of nitrogens with zero attached hydrogens (tertiary/aromatic N) is 1. The van der Waals surface area contributed by atoms with E-state index < -0.39 is 10.1 Å². The van der Waals surface area contributed by atoms with E-state index in [2.05, 4.69) is 23.3 Å². The number of aryl methyl sites for hydroxylation is 1. The normalized spacial score (nSPS) is 11.1. The fourth-order valence-corrected chi connectivity index (χ4v) is 2.98. The lowest BCUT2D eigenvalue weighted by atomic mass is 10.1. The van der Waals surface area contributed by atoms with Crippen molar-refractivity contribution in [2.45, 2.75) is 65.2 Å². The number of hydrogen-bond donors (Lipinski definition) is 3. The number of hydrogen-bond acceptors (Lipinski definition) is 5. The average Bonchev–Trinajstić information content (AvgIpc) is 2.58. The van der Waals surface area contributed by atoms with Crippen molar-refractivity contribution >= 4 is 26.7 Å². The number of aromatic nitrogens is 1. The molecule has 0 aliphatic carbocycles. The third-order valence-corrected chi connectivity index (χ3v) is 4.27. The first kappa shape index (κ1) is 24.2. The molecule has 0 amide bonds. The van der Waals surface area contributed by atoms with Gasteiger partial charge in [-0.05, 0) is 31.5 Å². The van der Waals surface area contributed by atoms with Crippen molar-refractivity contribution in [1.29, 1.82) is 0 Å². The minimum Gasteiger partial charge on any atom is -0.508 e. The van der Waals surface area contributed by atoms with E-state index in [0.29, 0.717) is 6.26 Å². The van der Waals surface area contributed by atoms with Gasteiger partial charge in [0.25, 0.3) is 10.1 Å². The summed E-state index contributed by atoms with van der Waals surface area (Å²) >= 11 is 0. The maximum Gasteiger partial charge on any atom is 0.261 e. The number of unbranched alkanes of at least 4 members (excludes halogenated alkanes) is 7. The number of rotatable bonds is 10. The fourth-order valence-electron chi connectivity index (χ4n) is 2.98. The number of aromatic hydroxyl groups is 1. The number of nitrogens with one attached hydrogen (secondary N) is 1. The minimum absolute atomic E-state index is 0.268. The Morgan fingerprint density at radius 2 is 1.57 bits per heavy atom. The van der Waals surface area contributed by atoms with E-state index in [4.69, 9.17) is 4.55 Å². The Hall–Kier alpha value is -1.86. The molecule has 2 rings (SSSR count). The van der Waals surface area contributed by atoms with Gasteiger partial charge in [0.05, 0.1) is 11.8 Å². The second-order valence-electron chi connectivity index (χ2n) is 7.15. The molecule has 0 saturated heterocycles. The highest BCUT2D eigenvalue weighted by Crippen LogP contribution is 2.26. The summed E-state index contributed by atoms with van der Waals surface area (Å²) in [7, 11) is -3.67. The molecule has 0 atom stereocenters. The molecule has 1 heterocycles. The molecule has 0 aliphatic rings. The van der Waals surface area contributed by atoms with Gasteiger partial charge in [-0.3, -0.25) is 9.54 Å². The highest BCUT2D eigenvalue weighted by molar-refractivity contribution is 7.85. The molecule has 7 heteroatoms. The Morgan fingerprint density at radius 1 is 1.00 bits per heavy atom. The third kappa shape index (κ3) is 11.1. The molecule has 1 aromatic heterocycles. The predicted molar refractivity (Wildman–Crippen MR) is 117 cm³/mol. The summed E-state index contributed by atoms with van der Waals surface area (Å²) < 4.78 is 25.9. The lowest BCUT2D eigenvalue weighted by Crippen LogP contribution is -2.03. The van der Waals surface area contributed by atoms with Crippen molar-refractivity contribution in [3.05, 3.63) is 30.0 Å². The van der Waals surface area contributed by atoms with Gasteiger partial charge in [0.2, 0.25) is 0 Å². The standard InChI is InChI=1S/C20H30N2O.CH4O3S/c1-3-4-5-6-7-8-9-10-13-21-19-14-16(2)22-20-15-17(23)11-12-18(19)20;1-5(2,3)4/h11-12,14-15,23H,3-10,13H2,1-2H3,(H,21,22);1H3,(H,2,3,4). The summed E-state index contributed by atoms with van der Waals surface area (Å²) in [6, 6.07) is 7.47. The van der Waals surface area contributed by atoms with Crippen LogP contribution in [0.4, 0.5) is 5.69 Å². The van der Waals surface area contributed by atoms with Crippen LogP contribution in [0.15, 0.2) is 24.3 Å². The molecule has 28 heavy (non-hydrogen) atoms. The molecule has 158 valence electrons. The van der Waals surface area contributed by atoms with Crippen molar-refractivity contribution in [2.24, 2.45) is 0 Å². The van der Waals surface area contributed by atoms with Crippen molar-refractivity contribution in [3.8, 4) is 5.75 Å². The van der Waals surface area contributed by atoms with Gasteiger partial charge < -0.3 is 10.4 Å². The maximum absolute atomic E-state index is 9.60. The van der Waals surface area contributed by atoms with Gasteiger partial charge in [-0.1, -0.05) is 51.9 Å². The van der Waals surface area contributed by atoms with Gasteiger partial charge >= 0.3 is 0 Å². The van der Waals surface area contributed by atoms with Crippen LogP contribution < -0.4 is 5.32 Å². The molecule has 2 aromatic rings. The number of phenolic OH excluding ortho intramolecular Hbond substituents is 1. The van der Waals surface area contributed by atoms with Gasteiger partial charge in [-0.2, -0.15) is 8.42 Å². The first-order valence-corrected chi connectivity index (χ1v) is 11.8. The summed E-state index contributed by atoms with van der Waals surface area (Å²) in [5.41, 5.74) is 2.94. The summed E-state index contributed by atoms with van der Waals surface area (Å²) in [5, 5.41) is 14.2. The van der Waals surface area contributed by atoms with Crippen LogP contribution in [-0.4, -0.2) is 35.9 Å². The van der Waals surface area contributed by atoms with Crippen LogP contribution in [0.1, 0.15) is 64.0 Å². The molecule has 0 bridgehead atoms. The lowest BCUT2D eigenvalue weighted by molar-refractivity contribution is 0.476. The van der Waals surface area contributed by atoms with Crippen molar-refractivity contribution in [2.75, 3.05) is 18.1 Å². The molecule has 0 unspecified atom stereocenters. The van der Waals surface area contributed by atoms with Gasteiger partial charge in [-0.25, -0.2) is 0 Å². The second kappa shape index (κ2) is 12.6. The molecule has 6 nitrogen and oxygen atoms in total. The zero-order chi connectivity index (χ0) is 21.0. The molecule has 0 radical (unpaired) electrons. The summed E-state index contributed by atoms with van der Waals surface area (Å²) in [6.07, 6.45) is 11.4. The first-order valence-electron chi connectivity index (χ1n) is 9.97. The summed E-state index contributed by atoms with van der Waals surface area (Å²) in [5.74, 6) is 0.268. The number of pyridine rings is 1. The average molecular weight is 411 g/mol. The van der Waals surface area contributed by atoms with Crippen molar-refractivity contribution < 1.29 is 18.1 Å². The number of phenols is 1. The topological polar surface area (TPSA) is 99.5 Å². The molecule has 3 N–H and O–H groups in total. The fraction of sp³-hybridized carbons (Fsp3) is 0.571. The first-order chi connectivity index (χ1) is 13.2. The molecule has 0 aliphatic heterocycles. The Morgan fingerprint density at radius 3 is 2.18 bits per heavy atom. The van der Waals surface area contributed by atoms with Gasteiger partial charge in [0.1, 0.15) is 5.75 Å². The van der Waals surface area contributed by atoms with Gasteiger partial charge in [-0.15, -0.1) is 0 Å². The lowest BCUT2D eigenvalue weighted by Gasteiger charge is -2.11. The minimum atomic E-state index is -3.67. The number of fused-ring (bicyclic) bond motifs is 1.